The van der Waals surface area contributed by atoms with Gasteiger partial charge >= 0.3 is 0 Å². The Morgan fingerprint density at radius 2 is 1.95 bits per heavy atom. The van der Waals surface area contributed by atoms with Gasteiger partial charge in [-0.2, -0.15) is 0 Å². The van der Waals surface area contributed by atoms with Crippen LogP contribution in [0, 0.1) is 13.8 Å². The monoisotopic (exact) mass is 266 g/mol. The molecule has 0 spiro atoms. The molecule has 0 amide bonds. The summed E-state index contributed by atoms with van der Waals surface area (Å²) in [6.07, 6.45) is 6.69. The molecule has 2 heterocycles. The lowest BCUT2D eigenvalue weighted by atomic mass is 10.1. The van der Waals surface area contributed by atoms with Gasteiger partial charge in [0.25, 0.3) is 0 Å². The number of benzene rings is 1. The Morgan fingerprint density at radius 3 is 2.75 bits per heavy atom. The maximum absolute atomic E-state index is 4.24. The van der Waals surface area contributed by atoms with Crippen molar-refractivity contribution in [1.82, 2.24) is 15.0 Å². The van der Waals surface area contributed by atoms with Gasteiger partial charge in [-0.3, -0.25) is 0 Å². The molecule has 2 aromatic heterocycles. The van der Waals surface area contributed by atoms with Crippen LogP contribution in [0.2, 0.25) is 0 Å². The standard InChI is InChI=1S/C16H18N4/c1-11-8-19-16(20-9-11)17-7-6-13-10-18-15-12(2)4-3-5-14(13)15/h3-5,8-10,18H,6-7H2,1-2H3,(H,17,19,20). The molecule has 0 fully saturated rings. The summed E-state index contributed by atoms with van der Waals surface area (Å²) >= 11 is 0. The minimum Gasteiger partial charge on any atom is -0.361 e. The van der Waals surface area contributed by atoms with Crippen LogP contribution in [-0.4, -0.2) is 21.5 Å². The number of fused-ring (bicyclic) bond motifs is 1. The van der Waals surface area contributed by atoms with Gasteiger partial charge in [0, 0.05) is 36.0 Å². The van der Waals surface area contributed by atoms with E-state index in [9.17, 15) is 0 Å². The summed E-state index contributed by atoms with van der Waals surface area (Å²) in [5.74, 6) is 0.687. The van der Waals surface area contributed by atoms with E-state index in [0.29, 0.717) is 5.95 Å². The number of nitrogens with zero attached hydrogens (tertiary/aromatic N) is 2. The van der Waals surface area contributed by atoms with E-state index in [1.165, 1.54) is 22.0 Å². The van der Waals surface area contributed by atoms with Gasteiger partial charge in [-0.05, 0) is 37.0 Å². The van der Waals surface area contributed by atoms with E-state index in [4.69, 9.17) is 0 Å². The molecule has 0 unspecified atom stereocenters. The Kier molecular flexibility index (Phi) is 3.37. The van der Waals surface area contributed by atoms with Crippen LogP contribution in [0.5, 0.6) is 0 Å². The van der Waals surface area contributed by atoms with E-state index in [-0.39, 0.29) is 0 Å². The van der Waals surface area contributed by atoms with Crippen LogP contribution in [0.15, 0.2) is 36.8 Å². The fraction of sp³-hybridized carbons (Fsp3) is 0.250. The third-order valence-corrected chi connectivity index (χ3v) is 3.47. The Bertz CT molecular complexity index is 713. The van der Waals surface area contributed by atoms with Crippen molar-refractivity contribution in [3.05, 3.63) is 53.5 Å². The summed E-state index contributed by atoms with van der Waals surface area (Å²) in [4.78, 5) is 11.8. The minimum absolute atomic E-state index is 0.687. The Morgan fingerprint density at radius 1 is 1.15 bits per heavy atom. The molecular formula is C16H18N4. The molecule has 3 rings (SSSR count). The van der Waals surface area contributed by atoms with Crippen molar-refractivity contribution in [3.63, 3.8) is 0 Å². The molecule has 102 valence electrons. The van der Waals surface area contributed by atoms with Crippen LogP contribution in [0.25, 0.3) is 10.9 Å². The first kappa shape index (κ1) is 12.7. The van der Waals surface area contributed by atoms with Crippen molar-refractivity contribution in [2.75, 3.05) is 11.9 Å². The van der Waals surface area contributed by atoms with E-state index >= 15 is 0 Å². The highest BCUT2D eigenvalue weighted by atomic mass is 15.1. The third kappa shape index (κ3) is 2.50. The second kappa shape index (κ2) is 5.33. The van der Waals surface area contributed by atoms with E-state index in [1.54, 1.807) is 0 Å². The molecule has 1 aromatic carbocycles. The van der Waals surface area contributed by atoms with E-state index in [2.05, 4.69) is 51.6 Å². The molecule has 4 heteroatoms. The van der Waals surface area contributed by atoms with Crippen LogP contribution in [0.1, 0.15) is 16.7 Å². The zero-order valence-electron chi connectivity index (χ0n) is 11.8. The van der Waals surface area contributed by atoms with Crippen LogP contribution in [-0.2, 0) is 6.42 Å². The summed E-state index contributed by atoms with van der Waals surface area (Å²) in [7, 11) is 0. The van der Waals surface area contributed by atoms with Crippen molar-refractivity contribution >= 4 is 16.9 Å². The molecule has 0 aliphatic rings. The largest absolute Gasteiger partial charge is 0.361 e. The number of aromatic nitrogens is 3. The van der Waals surface area contributed by atoms with Gasteiger partial charge in [-0.15, -0.1) is 0 Å². The number of aromatic amines is 1. The van der Waals surface area contributed by atoms with Gasteiger partial charge < -0.3 is 10.3 Å². The van der Waals surface area contributed by atoms with Crippen molar-refractivity contribution < 1.29 is 0 Å². The predicted molar refractivity (Wildman–Crippen MR) is 82.0 cm³/mol. The normalized spacial score (nSPS) is 10.9. The number of para-hydroxylation sites is 1. The predicted octanol–water partition coefficient (Wildman–Crippen LogP) is 3.23. The van der Waals surface area contributed by atoms with E-state index in [1.807, 2.05) is 19.3 Å². The lowest BCUT2D eigenvalue weighted by molar-refractivity contribution is 0.985. The fourth-order valence-electron chi connectivity index (χ4n) is 2.36. The van der Waals surface area contributed by atoms with Crippen LogP contribution >= 0.6 is 0 Å². The van der Waals surface area contributed by atoms with E-state index < -0.39 is 0 Å². The Balaban J connectivity index is 1.68. The van der Waals surface area contributed by atoms with Gasteiger partial charge in [-0.1, -0.05) is 18.2 Å². The molecule has 0 atom stereocenters. The molecular weight excluding hydrogens is 248 g/mol. The average molecular weight is 266 g/mol. The van der Waals surface area contributed by atoms with Crippen LogP contribution < -0.4 is 5.32 Å². The summed E-state index contributed by atoms with van der Waals surface area (Å²) in [5.41, 5.74) is 4.91. The Hall–Kier alpha value is -2.36. The number of H-pyrrole nitrogens is 1. The van der Waals surface area contributed by atoms with Crippen molar-refractivity contribution in [2.24, 2.45) is 0 Å². The second-order valence-corrected chi connectivity index (χ2v) is 5.07. The maximum Gasteiger partial charge on any atom is 0.222 e. The fourth-order valence-corrected chi connectivity index (χ4v) is 2.36. The van der Waals surface area contributed by atoms with Gasteiger partial charge in [0.2, 0.25) is 5.95 Å². The number of rotatable bonds is 4. The highest BCUT2D eigenvalue weighted by Gasteiger charge is 2.05. The first-order valence-corrected chi connectivity index (χ1v) is 6.82. The SMILES string of the molecule is Cc1cnc(NCCc2c[nH]c3c(C)cccc23)nc1. The first-order chi connectivity index (χ1) is 9.74. The maximum atomic E-state index is 4.24. The van der Waals surface area contributed by atoms with Crippen LogP contribution in [0.4, 0.5) is 5.95 Å². The first-order valence-electron chi connectivity index (χ1n) is 6.82. The summed E-state index contributed by atoms with van der Waals surface area (Å²) < 4.78 is 0. The third-order valence-electron chi connectivity index (χ3n) is 3.47. The second-order valence-electron chi connectivity index (χ2n) is 5.07. The quantitative estimate of drug-likeness (QED) is 0.762. The highest BCUT2D eigenvalue weighted by Crippen LogP contribution is 2.21. The van der Waals surface area contributed by atoms with Crippen molar-refractivity contribution in [1.29, 1.82) is 0 Å². The molecule has 2 N–H and O–H groups in total. The van der Waals surface area contributed by atoms with Gasteiger partial charge in [0.1, 0.15) is 0 Å². The van der Waals surface area contributed by atoms with E-state index in [0.717, 1.165) is 18.5 Å². The highest BCUT2D eigenvalue weighted by molar-refractivity contribution is 5.85. The zero-order chi connectivity index (χ0) is 13.9. The number of hydrogen-bond acceptors (Lipinski definition) is 3. The molecule has 0 aliphatic heterocycles. The molecule has 0 radical (unpaired) electrons. The number of anilines is 1. The summed E-state index contributed by atoms with van der Waals surface area (Å²) in [6.45, 7) is 4.93. The molecule has 20 heavy (non-hydrogen) atoms. The zero-order valence-corrected chi connectivity index (χ0v) is 11.8. The summed E-state index contributed by atoms with van der Waals surface area (Å²) in [6, 6.07) is 6.39. The molecule has 4 nitrogen and oxygen atoms in total. The summed E-state index contributed by atoms with van der Waals surface area (Å²) in [5, 5.41) is 4.56. The molecule has 0 bridgehead atoms. The van der Waals surface area contributed by atoms with Gasteiger partial charge in [0.15, 0.2) is 0 Å². The van der Waals surface area contributed by atoms with Crippen molar-refractivity contribution in [2.45, 2.75) is 20.3 Å². The lowest BCUT2D eigenvalue weighted by Gasteiger charge is -2.04. The van der Waals surface area contributed by atoms with Gasteiger partial charge in [0.05, 0.1) is 0 Å². The van der Waals surface area contributed by atoms with Crippen molar-refractivity contribution in [3.8, 4) is 0 Å². The number of nitrogens with one attached hydrogen (secondary N) is 2. The molecule has 0 saturated carbocycles. The topological polar surface area (TPSA) is 53.6 Å². The smallest absolute Gasteiger partial charge is 0.222 e. The van der Waals surface area contributed by atoms with Crippen LogP contribution in [0.3, 0.4) is 0 Å². The molecule has 3 aromatic rings. The average Bonchev–Trinajstić information content (AvgIpc) is 2.86. The molecule has 0 saturated heterocycles. The number of aryl methyl sites for hydroxylation is 2. The number of hydrogen-bond donors (Lipinski definition) is 2. The molecule has 0 aliphatic carbocycles. The minimum atomic E-state index is 0.687. The van der Waals surface area contributed by atoms with Gasteiger partial charge in [-0.25, -0.2) is 9.97 Å². The lowest BCUT2D eigenvalue weighted by Crippen LogP contribution is -2.07. The Labute approximate surface area is 118 Å².